The Kier molecular flexibility index (Phi) is 6.05. The van der Waals surface area contributed by atoms with E-state index in [0.29, 0.717) is 18.1 Å². The highest BCUT2D eigenvalue weighted by Gasteiger charge is 2.37. The molecule has 2 N–H and O–H groups in total. The maximum absolute atomic E-state index is 5.56. The molecular formula is C23H29N3S. The molecule has 4 rings (SSSR count). The Morgan fingerprint density at radius 3 is 2.22 bits per heavy atom. The third-order valence-electron chi connectivity index (χ3n) is 5.99. The molecule has 2 aliphatic rings. The van der Waals surface area contributed by atoms with Crippen LogP contribution in [0.15, 0.2) is 60.7 Å². The monoisotopic (exact) mass is 379 g/mol. The molecule has 2 saturated heterocycles. The molecule has 0 aliphatic carbocycles. The molecule has 0 radical (unpaired) electrons. The summed E-state index contributed by atoms with van der Waals surface area (Å²) in [4.78, 5) is 2.78. The van der Waals surface area contributed by atoms with Crippen molar-refractivity contribution in [1.29, 1.82) is 0 Å². The maximum Gasteiger partial charge on any atom is 0.170 e. The van der Waals surface area contributed by atoms with Gasteiger partial charge < -0.3 is 10.6 Å². The molecule has 3 nitrogen and oxygen atoms in total. The van der Waals surface area contributed by atoms with Gasteiger partial charge in [0, 0.05) is 30.4 Å². The molecule has 4 heteroatoms. The van der Waals surface area contributed by atoms with Gasteiger partial charge in [-0.15, -0.1) is 0 Å². The van der Waals surface area contributed by atoms with Crippen molar-refractivity contribution < 1.29 is 0 Å². The number of nitrogens with one attached hydrogen (secondary N) is 2. The first-order chi connectivity index (χ1) is 13.3. The van der Waals surface area contributed by atoms with Crippen molar-refractivity contribution in [3.05, 3.63) is 66.2 Å². The Morgan fingerprint density at radius 2 is 1.56 bits per heavy atom. The number of anilines is 1. The van der Waals surface area contributed by atoms with Crippen LogP contribution < -0.4 is 10.6 Å². The lowest BCUT2D eigenvalue weighted by atomic mass is 9.81. The summed E-state index contributed by atoms with van der Waals surface area (Å²) < 4.78 is 0. The van der Waals surface area contributed by atoms with E-state index in [2.05, 4.69) is 58.0 Å². The van der Waals surface area contributed by atoms with Crippen molar-refractivity contribution in [3.63, 3.8) is 0 Å². The van der Waals surface area contributed by atoms with Crippen LogP contribution in [0.25, 0.3) is 0 Å². The molecule has 2 bridgehead atoms. The van der Waals surface area contributed by atoms with E-state index in [1.807, 2.05) is 18.2 Å². The minimum Gasteiger partial charge on any atom is -0.360 e. The zero-order valence-corrected chi connectivity index (χ0v) is 16.6. The smallest absolute Gasteiger partial charge is 0.170 e. The van der Waals surface area contributed by atoms with Crippen molar-refractivity contribution >= 4 is 23.0 Å². The largest absolute Gasteiger partial charge is 0.360 e. The molecular weight excluding hydrogens is 350 g/mol. The van der Waals surface area contributed by atoms with Crippen LogP contribution in [0.2, 0.25) is 0 Å². The van der Waals surface area contributed by atoms with Gasteiger partial charge in [0.25, 0.3) is 0 Å². The van der Waals surface area contributed by atoms with Crippen molar-refractivity contribution in [3.8, 4) is 0 Å². The quantitative estimate of drug-likeness (QED) is 0.743. The number of rotatable bonds is 5. The molecule has 2 aromatic rings. The van der Waals surface area contributed by atoms with Gasteiger partial charge >= 0.3 is 0 Å². The van der Waals surface area contributed by atoms with Crippen LogP contribution in [0, 0.1) is 0 Å². The van der Waals surface area contributed by atoms with Gasteiger partial charge in [-0.25, -0.2) is 0 Å². The van der Waals surface area contributed by atoms with Crippen LogP contribution in [0.1, 0.15) is 37.7 Å². The van der Waals surface area contributed by atoms with Crippen molar-refractivity contribution in [1.82, 2.24) is 10.2 Å². The van der Waals surface area contributed by atoms with Crippen LogP contribution >= 0.6 is 12.2 Å². The summed E-state index contributed by atoms with van der Waals surface area (Å²) in [5.74, 6) is 0. The van der Waals surface area contributed by atoms with E-state index >= 15 is 0 Å². The molecule has 142 valence electrons. The zero-order valence-electron chi connectivity index (χ0n) is 15.8. The summed E-state index contributed by atoms with van der Waals surface area (Å²) >= 11 is 5.56. The molecule has 2 heterocycles. The summed E-state index contributed by atoms with van der Waals surface area (Å²) in [6.45, 7) is 1.18. The van der Waals surface area contributed by atoms with Crippen molar-refractivity contribution in [2.24, 2.45) is 0 Å². The average molecular weight is 380 g/mol. The Morgan fingerprint density at radius 1 is 0.926 bits per heavy atom. The molecule has 2 atom stereocenters. The van der Waals surface area contributed by atoms with Crippen molar-refractivity contribution in [2.45, 2.75) is 56.7 Å². The second-order valence-corrected chi connectivity index (χ2v) is 8.25. The van der Waals surface area contributed by atoms with Crippen LogP contribution in [0.3, 0.4) is 0 Å². The Hall–Kier alpha value is -1.91. The second-order valence-electron chi connectivity index (χ2n) is 7.84. The predicted octanol–water partition coefficient (Wildman–Crippen LogP) is 4.60. The fraction of sp³-hybridized carbons (Fsp3) is 0.435. The highest BCUT2D eigenvalue weighted by molar-refractivity contribution is 7.80. The van der Waals surface area contributed by atoms with E-state index < -0.39 is 0 Å². The number of benzene rings is 2. The lowest BCUT2D eigenvalue weighted by molar-refractivity contribution is 0.0293. The maximum atomic E-state index is 5.56. The zero-order chi connectivity index (χ0) is 18.5. The summed E-state index contributed by atoms with van der Waals surface area (Å²) in [7, 11) is 0. The van der Waals surface area contributed by atoms with Crippen LogP contribution in [0.5, 0.6) is 0 Å². The third-order valence-corrected chi connectivity index (χ3v) is 6.21. The van der Waals surface area contributed by atoms with Crippen LogP contribution in [-0.2, 0) is 6.42 Å². The fourth-order valence-electron chi connectivity index (χ4n) is 4.74. The number of hydrogen-bond acceptors (Lipinski definition) is 2. The Bertz CT molecular complexity index is 720. The number of para-hydroxylation sites is 1. The number of hydrogen-bond donors (Lipinski definition) is 2. The highest BCUT2D eigenvalue weighted by atomic mass is 32.1. The SMILES string of the molecule is S=C(Nc1ccccc1)NC1C[C@@H]2CCC[C@@H](C1)N2CCc1ccccc1. The predicted molar refractivity (Wildman–Crippen MR) is 117 cm³/mol. The van der Waals surface area contributed by atoms with Gasteiger partial charge in [0.2, 0.25) is 0 Å². The normalized spacial score (nSPS) is 25.0. The van der Waals surface area contributed by atoms with E-state index in [9.17, 15) is 0 Å². The number of nitrogens with zero attached hydrogens (tertiary/aromatic N) is 1. The standard InChI is InChI=1S/C23H29N3S/c27-23(24-19-10-5-2-6-11-19)25-20-16-21-12-7-13-22(17-20)26(21)15-14-18-8-3-1-4-9-18/h1-6,8-11,20-22H,7,12-17H2,(H2,24,25,27)/t21-,22-/m0/s1. The van der Waals surface area contributed by atoms with E-state index in [1.165, 1.54) is 44.2 Å². The van der Waals surface area contributed by atoms with Gasteiger partial charge in [0.15, 0.2) is 5.11 Å². The molecule has 0 unspecified atom stereocenters. The van der Waals surface area contributed by atoms with E-state index in [1.54, 1.807) is 0 Å². The van der Waals surface area contributed by atoms with Crippen molar-refractivity contribution in [2.75, 3.05) is 11.9 Å². The van der Waals surface area contributed by atoms with Gasteiger partial charge in [0.05, 0.1) is 0 Å². The van der Waals surface area contributed by atoms with Gasteiger partial charge in [-0.2, -0.15) is 0 Å². The lowest BCUT2D eigenvalue weighted by Crippen LogP contribution is -2.57. The number of piperidine rings is 2. The number of fused-ring (bicyclic) bond motifs is 2. The van der Waals surface area contributed by atoms with E-state index in [0.717, 1.165) is 17.2 Å². The Balaban J connectivity index is 1.31. The molecule has 0 spiro atoms. The van der Waals surface area contributed by atoms with E-state index in [4.69, 9.17) is 12.2 Å². The lowest BCUT2D eigenvalue weighted by Gasteiger charge is -2.49. The van der Waals surface area contributed by atoms with Gasteiger partial charge in [-0.1, -0.05) is 55.0 Å². The third kappa shape index (κ3) is 4.88. The summed E-state index contributed by atoms with van der Waals surface area (Å²) in [5.41, 5.74) is 2.50. The summed E-state index contributed by atoms with van der Waals surface area (Å²) in [6, 6.07) is 22.9. The first-order valence-corrected chi connectivity index (χ1v) is 10.6. The van der Waals surface area contributed by atoms with Crippen LogP contribution in [-0.4, -0.2) is 34.7 Å². The van der Waals surface area contributed by atoms with Gasteiger partial charge in [0.1, 0.15) is 0 Å². The van der Waals surface area contributed by atoms with E-state index in [-0.39, 0.29) is 0 Å². The second kappa shape index (κ2) is 8.85. The summed E-state index contributed by atoms with van der Waals surface area (Å²) in [6.07, 6.45) is 7.56. The first kappa shape index (κ1) is 18.5. The molecule has 0 amide bonds. The highest BCUT2D eigenvalue weighted by Crippen LogP contribution is 2.34. The summed E-state index contributed by atoms with van der Waals surface area (Å²) in [5, 5.41) is 7.66. The molecule has 2 aromatic carbocycles. The Labute approximate surface area is 168 Å². The molecule has 27 heavy (non-hydrogen) atoms. The number of thiocarbonyl (C=S) groups is 1. The first-order valence-electron chi connectivity index (χ1n) is 10.2. The molecule has 2 aliphatic heterocycles. The van der Waals surface area contributed by atoms with Gasteiger partial charge in [-0.3, -0.25) is 4.90 Å². The molecule has 0 aromatic heterocycles. The van der Waals surface area contributed by atoms with Gasteiger partial charge in [-0.05, 0) is 62.0 Å². The average Bonchev–Trinajstić information content (AvgIpc) is 2.68. The topological polar surface area (TPSA) is 27.3 Å². The molecule has 0 saturated carbocycles. The molecule has 2 fully saturated rings. The van der Waals surface area contributed by atoms with Crippen LogP contribution in [0.4, 0.5) is 5.69 Å². The minimum atomic E-state index is 0.483. The minimum absolute atomic E-state index is 0.483. The fourth-order valence-corrected chi connectivity index (χ4v) is 5.02.